The van der Waals surface area contributed by atoms with Crippen molar-refractivity contribution in [3.63, 3.8) is 0 Å². The second-order valence-electron chi connectivity index (χ2n) is 4.83. The highest BCUT2D eigenvalue weighted by Gasteiger charge is 2.08. The Morgan fingerprint density at radius 3 is 2.59 bits per heavy atom. The lowest BCUT2D eigenvalue weighted by atomic mass is 10.1. The summed E-state index contributed by atoms with van der Waals surface area (Å²) in [6, 6.07) is 18.7. The van der Waals surface area contributed by atoms with Gasteiger partial charge in [0.05, 0.1) is 5.02 Å². The SMILES string of the molecule is O=c1[nH]cccc1-c1ccc(Cl)c(OCc2ccccc2)c1. The van der Waals surface area contributed by atoms with E-state index < -0.39 is 0 Å². The first kappa shape index (κ1) is 14.4. The fraction of sp³-hybridized carbons (Fsp3) is 0.0556. The number of aromatic amines is 1. The van der Waals surface area contributed by atoms with Gasteiger partial charge in [0.2, 0.25) is 0 Å². The number of hydrogen-bond acceptors (Lipinski definition) is 2. The van der Waals surface area contributed by atoms with E-state index in [1.807, 2.05) is 36.4 Å². The molecule has 0 fully saturated rings. The molecule has 0 spiro atoms. The molecular formula is C18H14ClNO2. The lowest BCUT2D eigenvalue weighted by Gasteiger charge is -2.10. The molecule has 0 aliphatic heterocycles. The van der Waals surface area contributed by atoms with Gasteiger partial charge in [0.15, 0.2) is 0 Å². The van der Waals surface area contributed by atoms with Crippen LogP contribution in [0.3, 0.4) is 0 Å². The van der Waals surface area contributed by atoms with E-state index in [-0.39, 0.29) is 5.56 Å². The molecule has 4 heteroatoms. The first-order valence-corrected chi connectivity index (χ1v) is 7.26. The van der Waals surface area contributed by atoms with Crippen LogP contribution in [0.5, 0.6) is 5.75 Å². The summed E-state index contributed by atoms with van der Waals surface area (Å²) < 4.78 is 5.78. The third-order valence-electron chi connectivity index (χ3n) is 3.30. The molecule has 0 saturated heterocycles. The molecule has 0 unspecified atom stereocenters. The molecule has 1 heterocycles. The molecule has 0 radical (unpaired) electrons. The summed E-state index contributed by atoms with van der Waals surface area (Å²) in [7, 11) is 0. The molecule has 3 aromatic rings. The molecular weight excluding hydrogens is 298 g/mol. The zero-order chi connectivity index (χ0) is 15.4. The summed E-state index contributed by atoms with van der Waals surface area (Å²) in [5, 5.41) is 0.520. The van der Waals surface area contributed by atoms with Gasteiger partial charge in [0.1, 0.15) is 12.4 Å². The molecule has 0 saturated carbocycles. The van der Waals surface area contributed by atoms with Crippen LogP contribution in [-0.4, -0.2) is 4.98 Å². The van der Waals surface area contributed by atoms with Gasteiger partial charge in [-0.1, -0.05) is 48.0 Å². The van der Waals surface area contributed by atoms with Crippen LogP contribution in [-0.2, 0) is 6.61 Å². The predicted octanol–water partition coefficient (Wildman–Crippen LogP) is 4.27. The summed E-state index contributed by atoms with van der Waals surface area (Å²) in [4.78, 5) is 14.5. The largest absolute Gasteiger partial charge is 0.487 e. The normalized spacial score (nSPS) is 10.4. The summed E-state index contributed by atoms with van der Waals surface area (Å²) in [6.07, 6.45) is 1.61. The van der Waals surface area contributed by atoms with E-state index in [1.165, 1.54) is 0 Å². The minimum absolute atomic E-state index is 0.140. The van der Waals surface area contributed by atoms with Crippen molar-refractivity contribution < 1.29 is 4.74 Å². The van der Waals surface area contributed by atoms with Gasteiger partial charge < -0.3 is 9.72 Å². The first-order chi connectivity index (χ1) is 10.7. The summed E-state index contributed by atoms with van der Waals surface area (Å²) >= 11 is 6.18. The number of nitrogens with one attached hydrogen (secondary N) is 1. The van der Waals surface area contributed by atoms with E-state index in [9.17, 15) is 4.79 Å². The Labute approximate surface area is 133 Å². The van der Waals surface area contributed by atoms with E-state index in [4.69, 9.17) is 16.3 Å². The summed E-state index contributed by atoms with van der Waals surface area (Å²) in [5.74, 6) is 0.561. The van der Waals surface area contributed by atoms with Gasteiger partial charge in [-0.2, -0.15) is 0 Å². The zero-order valence-corrected chi connectivity index (χ0v) is 12.5. The van der Waals surface area contributed by atoms with E-state index in [1.54, 1.807) is 30.5 Å². The Morgan fingerprint density at radius 1 is 1.00 bits per heavy atom. The highest BCUT2D eigenvalue weighted by atomic mass is 35.5. The van der Waals surface area contributed by atoms with Crippen molar-refractivity contribution >= 4 is 11.6 Å². The third-order valence-corrected chi connectivity index (χ3v) is 3.61. The van der Waals surface area contributed by atoms with Crippen molar-refractivity contribution in [3.05, 3.63) is 87.8 Å². The van der Waals surface area contributed by atoms with Crippen molar-refractivity contribution in [3.8, 4) is 16.9 Å². The zero-order valence-electron chi connectivity index (χ0n) is 11.8. The number of aromatic nitrogens is 1. The number of H-pyrrole nitrogens is 1. The molecule has 0 atom stereocenters. The Kier molecular flexibility index (Phi) is 4.26. The molecule has 0 aliphatic carbocycles. The van der Waals surface area contributed by atoms with E-state index >= 15 is 0 Å². The van der Waals surface area contributed by atoms with Gasteiger partial charge in [-0.3, -0.25) is 4.79 Å². The van der Waals surface area contributed by atoms with Crippen molar-refractivity contribution in [2.75, 3.05) is 0 Å². The van der Waals surface area contributed by atoms with Crippen LogP contribution >= 0.6 is 11.6 Å². The summed E-state index contributed by atoms with van der Waals surface area (Å²) in [5.41, 5.74) is 2.28. The topological polar surface area (TPSA) is 42.1 Å². The maximum Gasteiger partial charge on any atom is 0.255 e. The molecule has 0 aliphatic rings. The quantitative estimate of drug-likeness (QED) is 0.781. The molecule has 3 rings (SSSR count). The molecule has 1 N–H and O–H groups in total. The van der Waals surface area contributed by atoms with Gasteiger partial charge in [-0.25, -0.2) is 0 Å². The van der Waals surface area contributed by atoms with E-state index in [2.05, 4.69) is 4.98 Å². The van der Waals surface area contributed by atoms with E-state index in [0.29, 0.717) is 22.9 Å². The molecule has 0 bridgehead atoms. The number of ether oxygens (including phenoxy) is 1. The minimum Gasteiger partial charge on any atom is -0.487 e. The highest BCUT2D eigenvalue weighted by molar-refractivity contribution is 6.32. The third kappa shape index (κ3) is 3.21. The van der Waals surface area contributed by atoms with Crippen LogP contribution in [0.25, 0.3) is 11.1 Å². The minimum atomic E-state index is -0.140. The monoisotopic (exact) mass is 311 g/mol. The second kappa shape index (κ2) is 6.50. The van der Waals surface area contributed by atoms with Gasteiger partial charge >= 0.3 is 0 Å². The van der Waals surface area contributed by atoms with Crippen molar-refractivity contribution in [1.29, 1.82) is 0 Å². The molecule has 22 heavy (non-hydrogen) atoms. The van der Waals surface area contributed by atoms with Crippen molar-refractivity contribution in [2.24, 2.45) is 0 Å². The Balaban J connectivity index is 1.87. The number of halogens is 1. The van der Waals surface area contributed by atoms with Crippen molar-refractivity contribution in [2.45, 2.75) is 6.61 Å². The number of benzene rings is 2. The first-order valence-electron chi connectivity index (χ1n) is 6.88. The maximum absolute atomic E-state index is 11.9. The fourth-order valence-corrected chi connectivity index (χ4v) is 2.34. The number of rotatable bonds is 4. The average molecular weight is 312 g/mol. The average Bonchev–Trinajstić information content (AvgIpc) is 2.56. The lowest BCUT2D eigenvalue weighted by molar-refractivity contribution is 0.306. The van der Waals surface area contributed by atoms with Crippen LogP contribution in [0.2, 0.25) is 5.02 Å². The van der Waals surface area contributed by atoms with Crippen LogP contribution in [0, 0.1) is 0 Å². The Bertz CT molecular complexity index is 828. The second-order valence-corrected chi connectivity index (χ2v) is 5.24. The van der Waals surface area contributed by atoms with Crippen LogP contribution < -0.4 is 10.3 Å². The molecule has 1 aromatic heterocycles. The van der Waals surface area contributed by atoms with Crippen molar-refractivity contribution in [1.82, 2.24) is 4.98 Å². The maximum atomic E-state index is 11.9. The van der Waals surface area contributed by atoms with Gasteiger partial charge in [0.25, 0.3) is 5.56 Å². The lowest BCUT2D eigenvalue weighted by Crippen LogP contribution is -2.07. The van der Waals surface area contributed by atoms with Crippen LogP contribution in [0.15, 0.2) is 71.7 Å². The molecule has 3 nitrogen and oxygen atoms in total. The summed E-state index contributed by atoms with van der Waals surface area (Å²) in [6.45, 7) is 0.426. The number of pyridine rings is 1. The van der Waals surface area contributed by atoms with Gasteiger partial charge in [-0.05, 0) is 35.4 Å². The smallest absolute Gasteiger partial charge is 0.255 e. The molecule has 0 amide bonds. The predicted molar refractivity (Wildman–Crippen MR) is 88.3 cm³/mol. The van der Waals surface area contributed by atoms with Gasteiger partial charge in [-0.15, -0.1) is 0 Å². The van der Waals surface area contributed by atoms with Crippen LogP contribution in [0.4, 0.5) is 0 Å². The fourth-order valence-electron chi connectivity index (χ4n) is 2.17. The standard InChI is InChI=1S/C18H14ClNO2/c19-16-9-8-14(15-7-4-10-20-18(15)21)11-17(16)22-12-13-5-2-1-3-6-13/h1-11H,12H2,(H,20,21). The Morgan fingerprint density at radius 2 is 1.82 bits per heavy atom. The van der Waals surface area contributed by atoms with Gasteiger partial charge in [0, 0.05) is 11.8 Å². The highest BCUT2D eigenvalue weighted by Crippen LogP contribution is 2.30. The molecule has 2 aromatic carbocycles. The van der Waals surface area contributed by atoms with Crippen LogP contribution in [0.1, 0.15) is 5.56 Å². The molecule has 110 valence electrons. The number of hydrogen-bond donors (Lipinski definition) is 1. The Hall–Kier alpha value is -2.52. The van der Waals surface area contributed by atoms with E-state index in [0.717, 1.165) is 11.1 Å².